The van der Waals surface area contributed by atoms with Crippen molar-refractivity contribution < 1.29 is 14.6 Å². The maximum Gasteiger partial charge on any atom is 0.336 e. The fourth-order valence-electron chi connectivity index (χ4n) is 2.67. The van der Waals surface area contributed by atoms with Gasteiger partial charge < -0.3 is 15.6 Å². The lowest BCUT2D eigenvalue weighted by Crippen LogP contribution is -2.08. The van der Waals surface area contributed by atoms with E-state index in [0.29, 0.717) is 27.7 Å². The minimum Gasteiger partial charge on any atom is -0.478 e. The van der Waals surface area contributed by atoms with E-state index >= 15 is 0 Å². The van der Waals surface area contributed by atoms with E-state index in [0.717, 1.165) is 5.52 Å². The highest BCUT2D eigenvalue weighted by Gasteiger charge is 2.20. The number of hydrogen-bond acceptors (Lipinski definition) is 5. The Labute approximate surface area is 126 Å². The smallest absolute Gasteiger partial charge is 0.336 e. The molecule has 0 radical (unpaired) electrons. The zero-order valence-electron chi connectivity index (χ0n) is 12.5. The number of rotatable bonds is 3. The predicted octanol–water partition coefficient (Wildman–Crippen LogP) is 2.11. The number of carboxylic acid groups (broad SMARTS) is 1. The number of ether oxygens (including phenoxy) is 1. The molecule has 0 bridgehead atoms. The van der Waals surface area contributed by atoms with Crippen molar-refractivity contribution in [3.63, 3.8) is 0 Å². The van der Waals surface area contributed by atoms with Crippen molar-refractivity contribution in [3.05, 3.63) is 29.5 Å². The van der Waals surface area contributed by atoms with Crippen LogP contribution in [0, 0.1) is 0 Å². The zero-order valence-corrected chi connectivity index (χ0v) is 12.5. The number of hydrogen-bond donors (Lipinski definition) is 2. The van der Waals surface area contributed by atoms with Crippen LogP contribution >= 0.6 is 0 Å². The Morgan fingerprint density at radius 3 is 2.77 bits per heavy atom. The van der Waals surface area contributed by atoms with Gasteiger partial charge in [-0.3, -0.25) is 4.68 Å². The van der Waals surface area contributed by atoms with Gasteiger partial charge in [-0.15, -0.1) is 0 Å². The molecule has 1 unspecified atom stereocenters. The molecule has 0 spiro atoms. The highest BCUT2D eigenvalue weighted by atomic mass is 16.5. The summed E-state index contributed by atoms with van der Waals surface area (Å²) >= 11 is 0. The summed E-state index contributed by atoms with van der Waals surface area (Å²) in [6, 6.07) is 3.33. The van der Waals surface area contributed by atoms with Gasteiger partial charge >= 0.3 is 5.97 Å². The van der Waals surface area contributed by atoms with Gasteiger partial charge in [-0.25, -0.2) is 9.78 Å². The molecule has 0 aliphatic heterocycles. The number of aryl methyl sites for hydroxylation is 1. The van der Waals surface area contributed by atoms with E-state index in [4.69, 9.17) is 10.5 Å². The number of fused-ring (bicyclic) bond motifs is 3. The van der Waals surface area contributed by atoms with Gasteiger partial charge in [0.15, 0.2) is 0 Å². The number of nitrogens with two attached hydrogens (primary N) is 1. The standard InChI is InChI=1S/C15H16N4O3/c1-7(22-3)8-5-12-10(4-9(8)15(20)21)13-11(14(16)18-12)6-17-19(13)2/h4-7H,1-3H3,(H2,16,18)(H,20,21). The third-order valence-electron chi connectivity index (χ3n) is 3.90. The van der Waals surface area contributed by atoms with E-state index in [2.05, 4.69) is 10.1 Å². The molecular formula is C15H16N4O3. The van der Waals surface area contributed by atoms with Crippen LogP contribution in [-0.2, 0) is 11.8 Å². The van der Waals surface area contributed by atoms with E-state index in [-0.39, 0.29) is 11.7 Å². The molecule has 3 N–H and O–H groups in total. The summed E-state index contributed by atoms with van der Waals surface area (Å²) in [5.41, 5.74) is 8.12. The summed E-state index contributed by atoms with van der Waals surface area (Å²) in [6.45, 7) is 1.79. The number of methoxy groups -OCH3 is 1. The van der Waals surface area contributed by atoms with Crippen LogP contribution in [0.1, 0.15) is 28.9 Å². The van der Waals surface area contributed by atoms with Crippen LogP contribution in [0.25, 0.3) is 21.8 Å². The molecule has 7 heteroatoms. The first-order valence-electron chi connectivity index (χ1n) is 6.75. The van der Waals surface area contributed by atoms with Crippen LogP contribution in [0.15, 0.2) is 18.3 Å². The lowest BCUT2D eigenvalue weighted by Gasteiger charge is -2.15. The van der Waals surface area contributed by atoms with Crippen molar-refractivity contribution in [1.82, 2.24) is 14.8 Å². The molecule has 114 valence electrons. The Morgan fingerprint density at radius 1 is 1.41 bits per heavy atom. The number of pyridine rings is 1. The van der Waals surface area contributed by atoms with Crippen molar-refractivity contribution in [2.24, 2.45) is 7.05 Å². The number of benzene rings is 1. The number of carbonyl (C=O) groups is 1. The van der Waals surface area contributed by atoms with E-state index in [9.17, 15) is 9.90 Å². The molecule has 7 nitrogen and oxygen atoms in total. The summed E-state index contributed by atoms with van der Waals surface area (Å²) in [4.78, 5) is 16.0. The van der Waals surface area contributed by atoms with E-state index in [1.807, 2.05) is 0 Å². The summed E-state index contributed by atoms with van der Waals surface area (Å²) in [5.74, 6) is -0.636. The molecule has 1 atom stereocenters. The quantitative estimate of drug-likeness (QED) is 0.768. The molecule has 0 aliphatic carbocycles. The molecular weight excluding hydrogens is 284 g/mol. The first-order valence-corrected chi connectivity index (χ1v) is 6.75. The SMILES string of the molecule is COC(C)c1cc2nc(N)c3cnn(C)c3c2cc1C(=O)O. The summed E-state index contributed by atoms with van der Waals surface area (Å²) in [6.07, 6.45) is 1.27. The van der Waals surface area contributed by atoms with E-state index < -0.39 is 5.97 Å². The first-order chi connectivity index (χ1) is 10.4. The van der Waals surface area contributed by atoms with Gasteiger partial charge in [0.2, 0.25) is 0 Å². The van der Waals surface area contributed by atoms with Crippen LogP contribution < -0.4 is 5.73 Å². The second-order valence-corrected chi connectivity index (χ2v) is 5.17. The van der Waals surface area contributed by atoms with Gasteiger partial charge in [0.05, 0.1) is 34.3 Å². The van der Waals surface area contributed by atoms with E-state index in [1.165, 1.54) is 7.11 Å². The average Bonchev–Trinajstić information content (AvgIpc) is 2.88. The minimum absolute atomic E-state index is 0.191. The van der Waals surface area contributed by atoms with Gasteiger partial charge in [0.1, 0.15) is 5.82 Å². The number of nitrogens with zero attached hydrogens (tertiary/aromatic N) is 3. The number of carboxylic acids is 1. The number of aromatic nitrogens is 3. The highest BCUT2D eigenvalue weighted by molar-refractivity contribution is 6.10. The van der Waals surface area contributed by atoms with Gasteiger partial charge in [-0.2, -0.15) is 5.10 Å². The molecule has 2 heterocycles. The van der Waals surface area contributed by atoms with Crippen molar-refractivity contribution in [3.8, 4) is 0 Å². The lowest BCUT2D eigenvalue weighted by molar-refractivity contribution is 0.0683. The van der Waals surface area contributed by atoms with Crippen LogP contribution in [-0.4, -0.2) is 33.0 Å². The van der Waals surface area contributed by atoms with E-state index in [1.54, 1.807) is 37.0 Å². The van der Waals surface area contributed by atoms with Crippen LogP contribution in [0.4, 0.5) is 5.82 Å². The Morgan fingerprint density at radius 2 is 2.14 bits per heavy atom. The highest BCUT2D eigenvalue weighted by Crippen LogP contribution is 2.32. The second kappa shape index (κ2) is 4.96. The number of nitrogen functional groups attached to an aromatic ring is 1. The Balaban J connectivity index is 2.46. The molecule has 3 rings (SSSR count). The maximum absolute atomic E-state index is 11.6. The van der Waals surface area contributed by atoms with Gasteiger partial charge in [-0.1, -0.05) is 0 Å². The summed E-state index contributed by atoms with van der Waals surface area (Å²) < 4.78 is 6.93. The second-order valence-electron chi connectivity index (χ2n) is 5.17. The van der Waals surface area contributed by atoms with Crippen molar-refractivity contribution >= 4 is 33.6 Å². The van der Waals surface area contributed by atoms with Gasteiger partial charge in [0.25, 0.3) is 0 Å². The van der Waals surface area contributed by atoms with Crippen molar-refractivity contribution in [2.45, 2.75) is 13.0 Å². The molecule has 0 fully saturated rings. The minimum atomic E-state index is -1.01. The van der Waals surface area contributed by atoms with Crippen molar-refractivity contribution in [1.29, 1.82) is 0 Å². The van der Waals surface area contributed by atoms with Gasteiger partial charge in [-0.05, 0) is 24.6 Å². The monoisotopic (exact) mass is 300 g/mol. The maximum atomic E-state index is 11.6. The third kappa shape index (κ3) is 1.98. The molecule has 1 aromatic carbocycles. The normalized spacial score (nSPS) is 12.9. The molecule has 0 amide bonds. The number of aromatic carboxylic acids is 1. The topological polar surface area (TPSA) is 103 Å². The molecule has 0 saturated heterocycles. The Hall–Kier alpha value is -2.67. The largest absolute Gasteiger partial charge is 0.478 e. The molecule has 2 aromatic heterocycles. The molecule has 0 aliphatic rings. The van der Waals surface area contributed by atoms with Crippen LogP contribution in [0.3, 0.4) is 0 Å². The third-order valence-corrected chi connectivity index (χ3v) is 3.90. The Kier molecular flexibility index (Phi) is 3.22. The number of anilines is 1. The lowest BCUT2D eigenvalue weighted by atomic mass is 9.99. The molecule has 22 heavy (non-hydrogen) atoms. The van der Waals surface area contributed by atoms with Crippen LogP contribution in [0.5, 0.6) is 0 Å². The predicted molar refractivity (Wildman–Crippen MR) is 82.8 cm³/mol. The Bertz CT molecular complexity index is 901. The van der Waals surface area contributed by atoms with Gasteiger partial charge in [0, 0.05) is 19.5 Å². The molecule has 3 aromatic rings. The van der Waals surface area contributed by atoms with Crippen molar-refractivity contribution in [2.75, 3.05) is 12.8 Å². The fourth-order valence-corrected chi connectivity index (χ4v) is 2.67. The average molecular weight is 300 g/mol. The first kappa shape index (κ1) is 14.3. The summed E-state index contributed by atoms with van der Waals surface area (Å²) in [5, 5.41) is 15.1. The zero-order chi connectivity index (χ0) is 16.0. The summed E-state index contributed by atoms with van der Waals surface area (Å²) in [7, 11) is 3.32. The molecule has 0 saturated carbocycles. The van der Waals surface area contributed by atoms with Crippen LogP contribution in [0.2, 0.25) is 0 Å². The fraction of sp³-hybridized carbons (Fsp3) is 0.267.